The number of fused-ring (bicyclic) bond motifs is 1. The maximum atomic E-state index is 12.4. The minimum atomic E-state index is -4.64. The summed E-state index contributed by atoms with van der Waals surface area (Å²) in [5.41, 5.74) is -0.357. The average molecular weight is 343 g/mol. The number of rotatable bonds is 3. The molecule has 0 saturated carbocycles. The van der Waals surface area contributed by atoms with Gasteiger partial charge in [0.05, 0.1) is 6.54 Å². The largest absolute Gasteiger partial charge is 0.480 e. The first-order chi connectivity index (χ1) is 11.3. The second kappa shape index (κ2) is 5.73. The molecule has 0 saturated heterocycles. The van der Waals surface area contributed by atoms with Gasteiger partial charge < -0.3 is 5.11 Å². The van der Waals surface area contributed by atoms with E-state index in [9.17, 15) is 27.9 Å². The van der Waals surface area contributed by atoms with Gasteiger partial charge in [-0.25, -0.2) is 24.2 Å². The Hall–Kier alpha value is -2.72. The fourth-order valence-electron chi connectivity index (χ4n) is 2.62. The van der Waals surface area contributed by atoms with E-state index in [0.29, 0.717) is 25.1 Å². The van der Waals surface area contributed by atoms with Crippen LogP contribution in [0.2, 0.25) is 0 Å². The lowest BCUT2D eigenvalue weighted by Crippen LogP contribution is -2.34. The highest BCUT2D eigenvalue weighted by molar-refractivity contribution is 5.72. The van der Waals surface area contributed by atoms with Gasteiger partial charge in [-0.05, 0) is 12.8 Å². The predicted molar refractivity (Wildman–Crippen MR) is 72.2 cm³/mol. The quantitative estimate of drug-likeness (QED) is 0.887. The number of carboxylic acid groups (broad SMARTS) is 1. The number of aliphatic carboxylic acids is 1. The lowest BCUT2D eigenvalue weighted by molar-refractivity contribution is -0.145. The van der Waals surface area contributed by atoms with Crippen molar-refractivity contribution in [2.75, 3.05) is 0 Å². The van der Waals surface area contributed by atoms with Crippen molar-refractivity contribution >= 4 is 5.97 Å². The highest BCUT2D eigenvalue weighted by Gasteiger charge is 2.34. The van der Waals surface area contributed by atoms with Crippen LogP contribution in [0, 0.1) is 0 Å². The lowest BCUT2D eigenvalue weighted by Gasteiger charge is -2.19. The highest BCUT2D eigenvalue weighted by Crippen LogP contribution is 2.25. The fourth-order valence-corrected chi connectivity index (χ4v) is 2.62. The molecule has 0 aromatic carbocycles. The first-order valence-corrected chi connectivity index (χ1v) is 7.06. The average Bonchev–Trinajstić information content (AvgIpc) is 2.83. The number of hydrogen-bond donors (Lipinski definition) is 1. The van der Waals surface area contributed by atoms with E-state index in [1.54, 1.807) is 0 Å². The summed E-state index contributed by atoms with van der Waals surface area (Å²) in [5, 5.41) is 13.3. The van der Waals surface area contributed by atoms with Crippen molar-refractivity contribution in [2.45, 2.75) is 38.0 Å². The zero-order chi connectivity index (χ0) is 17.5. The monoisotopic (exact) mass is 343 g/mol. The predicted octanol–water partition coefficient (Wildman–Crippen LogP) is 0.864. The molecule has 1 aliphatic heterocycles. The van der Waals surface area contributed by atoms with Crippen LogP contribution < -0.4 is 5.69 Å². The molecule has 0 spiro atoms. The Morgan fingerprint density at radius 2 is 2.00 bits per heavy atom. The van der Waals surface area contributed by atoms with E-state index < -0.39 is 29.7 Å². The van der Waals surface area contributed by atoms with Crippen LogP contribution in [0.5, 0.6) is 0 Å². The summed E-state index contributed by atoms with van der Waals surface area (Å²) in [5.74, 6) is -2.03. The SMILES string of the molecule is O=C(O)[C@@H]1CCCc2nn(Cc3cnc(C(F)(F)F)nc3)c(=O)n21. The van der Waals surface area contributed by atoms with Gasteiger partial charge in [0.25, 0.3) is 0 Å². The number of aryl methyl sites for hydroxylation is 1. The molecule has 3 rings (SSSR count). The molecule has 0 bridgehead atoms. The molecule has 3 heterocycles. The van der Waals surface area contributed by atoms with Crippen LogP contribution in [-0.2, 0) is 23.9 Å². The Morgan fingerprint density at radius 3 is 2.58 bits per heavy atom. The van der Waals surface area contributed by atoms with E-state index in [-0.39, 0.29) is 12.1 Å². The molecule has 8 nitrogen and oxygen atoms in total. The van der Waals surface area contributed by atoms with Gasteiger partial charge in [-0.2, -0.15) is 18.3 Å². The molecule has 11 heteroatoms. The van der Waals surface area contributed by atoms with Gasteiger partial charge in [-0.3, -0.25) is 4.57 Å². The Kier molecular flexibility index (Phi) is 3.85. The zero-order valence-corrected chi connectivity index (χ0v) is 12.2. The Labute approximate surface area is 132 Å². The van der Waals surface area contributed by atoms with E-state index >= 15 is 0 Å². The number of carbonyl (C=O) groups is 1. The second-order valence-corrected chi connectivity index (χ2v) is 5.39. The molecule has 2 aromatic rings. The third-order valence-corrected chi connectivity index (χ3v) is 3.71. The molecule has 1 N–H and O–H groups in total. The van der Waals surface area contributed by atoms with Gasteiger partial charge in [0.15, 0.2) is 0 Å². The van der Waals surface area contributed by atoms with E-state index in [0.717, 1.165) is 21.6 Å². The molecule has 0 amide bonds. The van der Waals surface area contributed by atoms with Crippen molar-refractivity contribution in [3.8, 4) is 0 Å². The molecule has 128 valence electrons. The van der Waals surface area contributed by atoms with Crippen molar-refractivity contribution in [2.24, 2.45) is 0 Å². The van der Waals surface area contributed by atoms with E-state index in [1.165, 1.54) is 0 Å². The highest BCUT2D eigenvalue weighted by atomic mass is 19.4. The number of carboxylic acids is 1. The van der Waals surface area contributed by atoms with Gasteiger partial charge in [-0.15, -0.1) is 0 Å². The summed E-state index contributed by atoms with van der Waals surface area (Å²) in [6, 6.07) is -0.973. The summed E-state index contributed by atoms with van der Waals surface area (Å²) >= 11 is 0. The number of alkyl halides is 3. The number of halogens is 3. The Balaban J connectivity index is 1.89. The number of hydrogen-bond acceptors (Lipinski definition) is 5. The summed E-state index contributed by atoms with van der Waals surface area (Å²) < 4.78 is 39.4. The van der Waals surface area contributed by atoms with Crippen molar-refractivity contribution in [3.05, 3.63) is 40.1 Å². The number of nitrogens with zero attached hydrogens (tertiary/aromatic N) is 5. The fraction of sp³-hybridized carbons (Fsp3) is 0.462. The van der Waals surface area contributed by atoms with Crippen LogP contribution in [0.3, 0.4) is 0 Å². The van der Waals surface area contributed by atoms with E-state index in [1.807, 2.05) is 0 Å². The molecular formula is C13H12F3N5O3. The Morgan fingerprint density at radius 1 is 1.33 bits per heavy atom. The maximum absolute atomic E-state index is 12.4. The first-order valence-electron chi connectivity index (χ1n) is 7.06. The molecule has 2 aromatic heterocycles. The van der Waals surface area contributed by atoms with E-state index in [2.05, 4.69) is 15.1 Å². The molecule has 0 aliphatic carbocycles. The summed E-state index contributed by atoms with van der Waals surface area (Å²) in [6.45, 7) is -0.136. The van der Waals surface area contributed by atoms with Gasteiger partial charge in [0, 0.05) is 24.4 Å². The molecule has 0 fully saturated rings. The number of aromatic nitrogens is 5. The van der Waals surface area contributed by atoms with Crippen molar-refractivity contribution < 1.29 is 23.1 Å². The molecule has 24 heavy (non-hydrogen) atoms. The third kappa shape index (κ3) is 2.88. The van der Waals surface area contributed by atoms with Gasteiger partial charge >= 0.3 is 17.8 Å². The minimum absolute atomic E-state index is 0.136. The van der Waals surface area contributed by atoms with Crippen LogP contribution in [0.15, 0.2) is 17.2 Å². The van der Waals surface area contributed by atoms with Crippen LogP contribution in [-0.4, -0.2) is 35.4 Å². The first kappa shape index (κ1) is 16.1. The van der Waals surface area contributed by atoms with Crippen LogP contribution in [0.1, 0.15) is 36.1 Å². The van der Waals surface area contributed by atoms with Crippen LogP contribution in [0.25, 0.3) is 0 Å². The molecule has 0 unspecified atom stereocenters. The second-order valence-electron chi connectivity index (χ2n) is 5.39. The van der Waals surface area contributed by atoms with Crippen molar-refractivity contribution in [1.29, 1.82) is 0 Å². The summed E-state index contributed by atoms with van der Waals surface area (Å²) in [6.07, 6.45) is -1.31. The van der Waals surface area contributed by atoms with Crippen molar-refractivity contribution in [3.63, 3.8) is 0 Å². The van der Waals surface area contributed by atoms with Crippen LogP contribution >= 0.6 is 0 Å². The summed E-state index contributed by atoms with van der Waals surface area (Å²) in [7, 11) is 0. The normalized spacial score (nSPS) is 17.5. The summed E-state index contributed by atoms with van der Waals surface area (Å²) in [4.78, 5) is 30.0. The van der Waals surface area contributed by atoms with Crippen molar-refractivity contribution in [1.82, 2.24) is 24.3 Å². The molecule has 1 atom stereocenters. The maximum Gasteiger partial charge on any atom is 0.451 e. The van der Waals surface area contributed by atoms with Gasteiger partial charge in [0.2, 0.25) is 5.82 Å². The Bertz CT molecular complexity index is 825. The lowest BCUT2D eigenvalue weighted by atomic mass is 10.1. The molecular weight excluding hydrogens is 331 g/mol. The van der Waals surface area contributed by atoms with Gasteiger partial charge in [0.1, 0.15) is 11.9 Å². The topological polar surface area (TPSA) is 103 Å². The standard InChI is InChI=1S/C13H12F3N5O3/c14-13(15,16)11-17-4-7(5-18-11)6-20-12(24)21-8(10(22)23)2-1-3-9(21)19-20/h4-5,8H,1-3,6H2,(H,22,23)/t8-/m0/s1. The molecule has 0 radical (unpaired) electrons. The molecule has 1 aliphatic rings. The van der Waals surface area contributed by atoms with Gasteiger partial charge in [-0.1, -0.05) is 0 Å². The van der Waals surface area contributed by atoms with Crippen LogP contribution in [0.4, 0.5) is 13.2 Å². The third-order valence-electron chi connectivity index (χ3n) is 3.71. The smallest absolute Gasteiger partial charge is 0.451 e. The zero-order valence-electron chi connectivity index (χ0n) is 12.2. The minimum Gasteiger partial charge on any atom is -0.480 e. The van der Waals surface area contributed by atoms with E-state index in [4.69, 9.17) is 0 Å².